The summed E-state index contributed by atoms with van der Waals surface area (Å²) in [6.45, 7) is 11.3. The molecule has 8 nitrogen and oxygen atoms in total. The van der Waals surface area contributed by atoms with Crippen molar-refractivity contribution in [3.05, 3.63) is 47.1 Å². The number of esters is 1. The van der Waals surface area contributed by atoms with E-state index in [1.54, 1.807) is 27.0 Å². The van der Waals surface area contributed by atoms with Crippen LogP contribution >= 0.6 is 0 Å². The Morgan fingerprint density at radius 1 is 1.14 bits per heavy atom. The number of rotatable bonds is 6. The molecule has 7 atom stereocenters. The fraction of sp³-hybridized carbons (Fsp3) is 0.593. The van der Waals surface area contributed by atoms with Crippen molar-refractivity contribution in [1.82, 2.24) is 0 Å². The van der Waals surface area contributed by atoms with Crippen molar-refractivity contribution in [3.8, 4) is 5.75 Å². The van der Waals surface area contributed by atoms with Gasteiger partial charge in [-0.05, 0) is 61.1 Å². The Morgan fingerprint density at radius 3 is 2.31 bits per heavy atom. The van der Waals surface area contributed by atoms with Crippen molar-refractivity contribution < 1.29 is 38.3 Å². The second kappa shape index (κ2) is 8.71. The first-order valence-corrected chi connectivity index (χ1v) is 11.8. The van der Waals surface area contributed by atoms with Gasteiger partial charge in [0.2, 0.25) is 11.6 Å². The van der Waals surface area contributed by atoms with Gasteiger partial charge in [0.25, 0.3) is 0 Å². The first-order valence-electron chi connectivity index (χ1n) is 11.8. The highest BCUT2D eigenvalue weighted by molar-refractivity contribution is 5.99. The molecule has 3 unspecified atom stereocenters. The van der Waals surface area contributed by atoms with E-state index in [1.807, 2.05) is 26.0 Å². The largest absolute Gasteiger partial charge is 0.496 e. The zero-order valence-electron chi connectivity index (χ0n) is 21.8. The molecule has 1 saturated heterocycles. The number of fused-ring (bicyclic) bond motifs is 4. The van der Waals surface area contributed by atoms with Gasteiger partial charge in [-0.1, -0.05) is 19.1 Å². The van der Waals surface area contributed by atoms with Gasteiger partial charge in [0, 0.05) is 20.1 Å². The minimum atomic E-state index is -1.29. The molecule has 1 aromatic rings. The van der Waals surface area contributed by atoms with Crippen LogP contribution in [-0.2, 0) is 28.5 Å². The van der Waals surface area contributed by atoms with Crippen LogP contribution in [-0.4, -0.2) is 63.3 Å². The van der Waals surface area contributed by atoms with Crippen LogP contribution in [0.3, 0.4) is 0 Å². The molecule has 0 amide bonds. The lowest BCUT2D eigenvalue weighted by molar-refractivity contribution is -0.450. The number of allylic oxidation sites excluding steroid dienone is 1. The molecule has 1 aliphatic heterocycles. The number of carbonyl (C=O) groups is 1. The topological polar surface area (TPSA) is 92.7 Å². The van der Waals surface area contributed by atoms with Crippen molar-refractivity contribution in [1.29, 1.82) is 0 Å². The van der Waals surface area contributed by atoms with Gasteiger partial charge in [0.1, 0.15) is 23.4 Å². The number of aliphatic hydroxyl groups is 1. The van der Waals surface area contributed by atoms with Gasteiger partial charge in [-0.2, -0.15) is 0 Å². The zero-order chi connectivity index (χ0) is 25.9. The molecule has 1 heterocycles. The smallest absolute Gasteiger partial charge is 0.317 e. The van der Waals surface area contributed by atoms with Crippen LogP contribution in [0.4, 0.5) is 0 Å². The lowest BCUT2D eigenvalue weighted by Gasteiger charge is -2.58. The van der Waals surface area contributed by atoms with E-state index in [2.05, 4.69) is 6.58 Å². The third-order valence-electron chi connectivity index (χ3n) is 8.46. The van der Waals surface area contributed by atoms with Gasteiger partial charge in [-0.3, -0.25) is 4.79 Å². The normalized spacial score (nSPS) is 37.9. The fourth-order valence-corrected chi connectivity index (χ4v) is 6.24. The highest BCUT2D eigenvalue weighted by Crippen LogP contribution is 2.63. The molecule has 2 aliphatic carbocycles. The van der Waals surface area contributed by atoms with Crippen LogP contribution in [0.1, 0.15) is 50.0 Å². The molecule has 8 heteroatoms. The number of methoxy groups -OCH3 is 4. The fourth-order valence-electron chi connectivity index (χ4n) is 6.24. The summed E-state index contributed by atoms with van der Waals surface area (Å²) in [5.74, 6) is -2.76. The standard InChI is InChI=1S/C27H36O8/c1-10-13-27(24(29)31-7)15(3)22-23(35-26(5,33-9)25(4,32-8)34-22)19-20(27)16-11-12-17(30-6)14(2)18(16)21(19)28/h10-12,15,21-23,28H,1,13H2,2-9H3/t15-,21?,22?,23?,25+,26+,27-/m1/s1. The number of carbonyl (C=O) groups excluding carboxylic acids is 1. The molecular weight excluding hydrogens is 452 g/mol. The highest BCUT2D eigenvalue weighted by atomic mass is 16.8. The Kier molecular flexibility index (Phi) is 6.43. The predicted molar refractivity (Wildman–Crippen MR) is 129 cm³/mol. The summed E-state index contributed by atoms with van der Waals surface area (Å²) >= 11 is 0. The Labute approximate surface area is 206 Å². The van der Waals surface area contributed by atoms with E-state index in [1.165, 1.54) is 21.3 Å². The van der Waals surface area contributed by atoms with Crippen molar-refractivity contribution in [2.45, 2.75) is 64.0 Å². The summed E-state index contributed by atoms with van der Waals surface area (Å²) in [7, 11) is 6.00. The monoisotopic (exact) mass is 488 g/mol. The molecule has 0 aromatic heterocycles. The lowest BCUT2D eigenvalue weighted by Crippen LogP contribution is -2.69. The van der Waals surface area contributed by atoms with Gasteiger partial charge in [-0.25, -0.2) is 0 Å². The predicted octanol–water partition coefficient (Wildman–Crippen LogP) is 3.70. The van der Waals surface area contributed by atoms with Gasteiger partial charge < -0.3 is 33.5 Å². The van der Waals surface area contributed by atoms with E-state index in [4.69, 9.17) is 28.4 Å². The molecule has 1 N–H and O–H groups in total. The Balaban J connectivity index is 2.05. The molecule has 1 aromatic carbocycles. The summed E-state index contributed by atoms with van der Waals surface area (Å²) in [6.07, 6.45) is -0.400. The van der Waals surface area contributed by atoms with E-state index >= 15 is 0 Å². The summed E-state index contributed by atoms with van der Waals surface area (Å²) < 4.78 is 35.6. The second-order valence-corrected chi connectivity index (χ2v) is 9.75. The lowest BCUT2D eigenvalue weighted by atomic mass is 9.59. The van der Waals surface area contributed by atoms with Gasteiger partial charge in [-0.15, -0.1) is 6.58 Å². The number of hydrogen-bond donors (Lipinski definition) is 1. The van der Waals surface area contributed by atoms with Gasteiger partial charge in [0.05, 0.1) is 20.3 Å². The van der Waals surface area contributed by atoms with E-state index < -0.39 is 47.2 Å². The average molecular weight is 489 g/mol. The van der Waals surface area contributed by atoms with Crippen molar-refractivity contribution in [2.75, 3.05) is 28.4 Å². The number of ether oxygens (including phenoxy) is 6. The van der Waals surface area contributed by atoms with Crippen molar-refractivity contribution >= 4 is 11.5 Å². The van der Waals surface area contributed by atoms with Crippen LogP contribution in [0.5, 0.6) is 5.75 Å². The maximum atomic E-state index is 13.7. The Morgan fingerprint density at radius 2 is 1.77 bits per heavy atom. The quantitative estimate of drug-likeness (QED) is 0.479. The molecule has 0 spiro atoms. The van der Waals surface area contributed by atoms with Gasteiger partial charge in [0.15, 0.2) is 0 Å². The molecule has 3 aliphatic rings. The maximum Gasteiger partial charge on any atom is 0.317 e. The maximum absolute atomic E-state index is 13.7. The van der Waals surface area contributed by atoms with E-state index in [9.17, 15) is 9.90 Å². The molecular formula is C27H36O8. The summed E-state index contributed by atoms with van der Waals surface area (Å²) in [5.41, 5.74) is 2.33. The minimum absolute atomic E-state index is 0.286. The number of hydrogen-bond acceptors (Lipinski definition) is 8. The molecule has 35 heavy (non-hydrogen) atoms. The van der Waals surface area contributed by atoms with Gasteiger partial charge >= 0.3 is 5.97 Å². The summed E-state index contributed by atoms with van der Waals surface area (Å²) in [5, 5.41) is 11.8. The van der Waals surface area contributed by atoms with Crippen molar-refractivity contribution in [3.63, 3.8) is 0 Å². The second-order valence-electron chi connectivity index (χ2n) is 9.75. The summed E-state index contributed by atoms with van der Waals surface area (Å²) in [4.78, 5) is 13.7. The molecule has 192 valence electrons. The third kappa shape index (κ3) is 3.20. The molecule has 1 fully saturated rings. The van der Waals surface area contributed by atoms with Crippen LogP contribution in [0.15, 0.2) is 30.4 Å². The first kappa shape index (κ1) is 25.9. The van der Waals surface area contributed by atoms with E-state index in [0.717, 1.165) is 11.1 Å². The zero-order valence-corrected chi connectivity index (χ0v) is 21.8. The summed E-state index contributed by atoms with van der Waals surface area (Å²) in [6, 6.07) is 3.74. The van der Waals surface area contributed by atoms with E-state index in [-0.39, 0.29) is 6.42 Å². The molecule has 4 rings (SSSR count). The number of aliphatic hydroxyl groups excluding tert-OH is 1. The highest BCUT2D eigenvalue weighted by Gasteiger charge is 2.67. The molecule has 0 saturated carbocycles. The molecule has 0 radical (unpaired) electrons. The van der Waals surface area contributed by atoms with Crippen LogP contribution in [0.2, 0.25) is 0 Å². The third-order valence-corrected chi connectivity index (χ3v) is 8.46. The SMILES string of the molecule is C=CC[C@]1(C(=O)OC)C2=C(C(O)c3c2ccc(OC)c3C)C2O[C@](C)(OC)[C@@](C)(OC)OC2[C@H]1C. The molecule has 0 bridgehead atoms. The van der Waals surface area contributed by atoms with E-state index in [0.29, 0.717) is 22.5 Å². The first-order chi connectivity index (χ1) is 16.5. The average Bonchev–Trinajstić information content (AvgIpc) is 3.16. The Hall–Kier alpha value is -2.23. The van der Waals surface area contributed by atoms with Crippen LogP contribution < -0.4 is 4.74 Å². The Bertz CT molecular complexity index is 1080. The van der Waals surface area contributed by atoms with Crippen LogP contribution in [0.25, 0.3) is 5.57 Å². The minimum Gasteiger partial charge on any atom is -0.496 e. The van der Waals surface area contributed by atoms with Crippen LogP contribution in [0, 0.1) is 18.3 Å². The number of benzene rings is 1. The van der Waals surface area contributed by atoms with Crippen molar-refractivity contribution in [2.24, 2.45) is 11.3 Å².